The normalized spacial score (nSPS) is 16.1. The number of hydrogen-bond acceptors (Lipinski definition) is 5. The van der Waals surface area contributed by atoms with Crippen LogP contribution in [0, 0.1) is 5.92 Å². The SMILES string of the molecule is COc1ccc2[nH]c3cnc(-c4cnn(C)c4)cc3c2c1-c1ccc(OCC2CCCNC2)cc1. The van der Waals surface area contributed by atoms with Crippen molar-refractivity contribution in [1.82, 2.24) is 25.1 Å². The molecule has 6 rings (SSSR count). The smallest absolute Gasteiger partial charge is 0.127 e. The molecule has 1 atom stereocenters. The number of rotatable bonds is 6. The summed E-state index contributed by atoms with van der Waals surface area (Å²) in [6, 6.07) is 14.6. The van der Waals surface area contributed by atoms with Gasteiger partial charge >= 0.3 is 0 Å². The van der Waals surface area contributed by atoms with Gasteiger partial charge in [0.1, 0.15) is 11.5 Å². The molecule has 3 aromatic heterocycles. The molecule has 178 valence electrons. The van der Waals surface area contributed by atoms with Gasteiger partial charge in [0.05, 0.1) is 37.3 Å². The molecular formula is C28H29N5O2. The molecule has 0 spiro atoms. The Morgan fingerprint density at radius 2 is 1.94 bits per heavy atom. The zero-order chi connectivity index (χ0) is 23.8. The first kappa shape index (κ1) is 21.7. The first-order chi connectivity index (χ1) is 17.2. The van der Waals surface area contributed by atoms with Crippen molar-refractivity contribution in [2.75, 3.05) is 26.8 Å². The van der Waals surface area contributed by atoms with E-state index in [-0.39, 0.29) is 0 Å². The Morgan fingerprint density at radius 1 is 1.06 bits per heavy atom. The van der Waals surface area contributed by atoms with Crippen LogP contribution in [0.2, 0.25) is 0 Å². The predicted octanol–water partition coefficient (Wildman–Crippen LogP) is 5.17. The van der Waals surface area contributed by atoms with Gasteiger partial charge in [-0.2, -0.15) is 5.10 Å². The summed E-state index contributed by atoms with van der Waals surface area (Å²) in [5.41, 5.74) is 6.06. The number of ether oxygens (including phenoxy) is 2. The molecule has 1 aliphatic rings. The first-order valence-electron chi connectivity index (χ1n) is 12.1. The maximum Gasteiger partial charge on any atom is 0.127 e. The van der Waals surface area contributed by atoms with E-state index in [9.17, 15) is 0 Å². The Morgan fingerprint density at radius 3 is 2.69 bits per heavy atom. The van der Waals surface area contributed by atoms with Gasteiger partial charge in [0.2, 0.25) is 0 Å². The molecule has 1 aliphatic heterocycles. The number of pyridine rings is 1. The van der Waals surface area contributed by atoms with Crippen molar-refractivity contribution in [3.05, 3.63) is 61.1 Å². The highest BCUT2D eigenvalue weighted by molar-refractivity contribution is 6.16. The van der Waals surface area contributed by atoms with Crippen LogP contribution in [0.25, 0.3) is 44.2 Å². The first-order valence-corrected chi connectivity index (χ1v) is 12.1. The number of piperidine rings is 1. The van der Waals surface area contributed by atoms with Crippen LogP contribution < -0.4 is 14.8 Å². The van der Waals surface area contributed by atoms with Gasteiger partial charge in [0.15, 0.2) is 0 Å². The number of aryl methyl sites for hydroxylation is 1. The highest BCUT2D eigenvalue weighted by Crippen LogP contribution is 2.41. The van der Waals surface area contributed by atoms with E-state index in [4.69, 9.17) is 9.47 Å². The maximum absolute atomic E-state index is 6.11. The van der Waals surface area contributed by atoms with E-state index >= 15 is 0 Å². The van der Waals surface area contributed by atoms with Crippen molar-refractivity contribution in [2.45, 2.75) is 12.8 Å². The zero-order valence-electron chi connectivity index (χ0n) is 20.0. The standard InChI is InChI=1S/C28H29N5O2/c1-33-16-20(14-31-33)24-12-22-25(15-30-24)32-23-9-10-26(34-2)27(28(22)23)19-5-7-21(8-6-19)35-17-18-4-3-11-29-13-18/h5-10,12,14-16,18,29,32H,3-4,11,13,17H2,1-2H3. The van der Waals surface area contributed by atoms with E-state index in [0.717, 1.165) is 75.4 Å². The van der Waals surface area contributed by atoms with Gasteiger partial charge in [0, 0.05) is 53.1 Å². The lowest BCUT2D eigenvalue weighted by atomic mass is 9.98. The van der Waals surface area contributed by atoms with Crippen molar-refractivity contribution in [3.63, 3.8) is 0 Å². The Kier molecular flexibility index (Phi) is 5.62. The monoisotopic (exact) mass is 467 g/mol. The largest absolute Gasteiger partial charge is 0.496 e. The number of aromatic nitrogens is 4. The average Bonchev–Trinajstić information content (AvgIpc) is 3.50. The molecule has 0 aliphatic carbocycles. The molecule has 1 saturated heterocycles. The van der Waals surface area contributed by atoms with Gasteiger partial charge in [-0.1, -0.05) is 12.1 Å². The van der Waals surface area contributed by atoms with Crippen LogP contribution in [0.3, 0.4) is 0 Å². The molecule has 0 saturated carbocycles. The zero-order valence-corrected chi connectivity index (χ0v) is 20.0. The molecule has 2 aromatic carbocycles. The van der Waals surface area contributed by atoms with Gasteiger partial charge in [0.25, 0.3) is 0 Å². The quantitative estimate of drug-likeness (QED) is 0.360. The molecule has 5 aromatic rings. The predicted molar refractivity (Wildman–Crippen MR) is 139 cm³/mol. The molecule has 0 radical (unpaired) electrons. The third-order valence-corrected chi connectivity index (χ3v) is 6.86. The summed E-state index contributed by atoms with van der Waals surface area (Å²) >= 11 is 0. The Balaban J connectivity index is 1.40. The number of nitrogens with zero attached hydrogens (tertiary/aromatic N) is 3. The van der Waals surface area contributed by atoms with Crippen LogP contribution in [-0.4, -0.2) is 46.6 Å². The van der Waals surface area contributed by atoms with Crippen molar-refractivity contribution < 1.29 is 9.47 Å². The fraction of sp³-hybridized carbons (Fsp3) is 0.286. The molecule has 1 unspecified atom stereocenters. The van der Waals surface area contributed by atoms with E-state index in [1.165, 1.54) is 12.8 Å². The molecule has 1 fully saturated rings. The van der Waals surface area contributed by atoms with Crippen LogP contribution in [0.1, 0.15) is 12.8 Å². The third kappa shape index (κ3) is 4.12. The van der Waals surface area contributed by atoms with Crippen LogP contribution in [0.4, 0.5) is 0 Å². The molecule has 35 heavy (non-hydrogen) atoms. The summed E-state index contributed by atoms with van der Waals surface area (Å²) in [6.45, 7) is 2.90. The fourth-order valence-corrected chi connectivity index (χ4v) is 5.04. The summed E-state index contributed by atoms with van der Waals surface area (Å²) in [5.74, 6) is 2.30. The number of nitrogens with one attached hydrogen (secondary N) is 2. The lowest BCUT2D eigenvalue weighted by Gasteiger charge is -2.22. The van der Waals surface area contributed by atoms with Crippen molar-refractivity contribution in [3.8, 4) is 33.9 Å². The average molecular weight is 468 g/mol. The summed E-state index contributed by atoms with van der Waals surface area (Å²) < 4.78 is 13.7. The van der Waals surface area contributed by atoms with Crippen LogP contribution in [0.15, 0.2) is 61.1 Å². The van der Waals surface area contributed by atoms with Gasteiger partial charge < -0.3 is 19.8 Å². The minimum Gasteiger partial charge on any atom is -0.496 e. The summed E-state index contributed by atoms with van der Waals surface area (Å²) in [7, 11) is 3.63. The number of fused-ring (bicyclic) bond motifs is 3. The Labute approximate surface area is 204 Å². The van der Waals surface area contributed by atoms with Crippen molar-refractivity contribution in [1.29, 1.82) is 0 Å². The highest BCUT2D eigenvalue weighted by Gasteiger charge is 2.18. The van der Waals surface area contributed by atoms with E-state index in [1.54, 1.807) is 11.8 Å². The van der Waals surface area contributed by atoms with E-state index in [1.807, 2.05) is 31.7 Å². The molecule has 7 heteroatoms. The van der Waals surface area contributed by atoms with Gasteiger partial charge in [-0.3, -0.25) is 9.67 Å². The van der Waals surface area contributed by atoms with E-state index in [0.29, 0.717) is 5.92 Å². The van der Waals surface area contributed by atoms with Gasteiger partial charge in [-0.25, -0.2) is 0 Å². The Hall–Kier alpha value is -3.84. The summed E-state index contributed by atoms with van der Waals surface area (Å²) in [6.07, 6.45) is 8.16. The van der Waals surface area contributed by atoms with Gasteiger partial charge in [-0.05, 0) is 55.3 Å². The number of hydrogen-bond donors (Lipinski definition) is 2. The Bertz CT molecular complexity index is 1480. The second-order valence-electron chi connectivity index (χ2n) is 9.26. The van der Waals surface area contributed by atoms with Crippen LogP contribution in [-0.2, 0) is 7.05 Å². The summed E-state index contributed by atoms with van der Waals surface area (Å²) in [4.78, 5) is 8.19. The van der Waals surface area contributed by atoms with Crippen molar-refractivity contribution in [2.24, 2.45) is 13.0 Å². The number of H-pyrrole nitrogens is 1. The molecule has 4 heterocycles. The highest BCUT2D eigenvalue weighted by atomic mass is 16.5. The second kappa shape index (κ2) is 9.07. The molecule has 0 bridgehead atoms. The minimum absolute atomic E-state index is 0.575. The fourth-order valence-electron chi connectivity index (χ4n) is 5.04. The number of aromatic amines is 1. The summed E-state index contributed by atoms with van der Waals surface area (Å²) in [5, 5.41) is 9.98. The lowest BCUT2D eigenvalue weighted by Crippen LogP contribution is -2.33. The van der Waals surface area contributed by atoms with E-state index < -0.39 is 0 Å². The van der Waals surface area contributed by atoms with Crippen LogP contribution in [0.5, 0.6) is 11.5 Å². The van der Waals surface area contributed by atoms with Crippen LogP contribution >= 0.6 is 0 Å². The van der Waals surface area contributed by atoms with E-state index in [2.05, 4.69) is 56.8 Å². The molecule has 2 N–H and O–H groups in total. The molecular weight excluding hydrogens is 438 g/mol. The lowest BCUT2D eigenvalue weighted by molar-refractivity contribution is 0.218. The number of methoxy groups -OCH3 is 1. The van der Waals surface area contributed by atoms with Gasteiger partial charge in [-0.15, -0.1) is 0 Å². The minimum atomic E-state index is 0.575. The number of benzene rings is 2. The maximum atomic E-state index is 6.11. The molecule has 7 nitrogen and oxygen atoms in total. The topological polar surface area (TPSA) is 77.0 Å². The third-order valence-electron chi connectivity index (χ3n) is 6.86. The molecule has 0 amide bonds. The van der Waals surface area contributed by atoms with Crippen molar-refractivity contribution >= 4 is 21.8 Å². The second-order valence-corrected chi connectivity index (χ2v) is 9.26.